The number of aromatic nitrogens is 2. The zero-order valence-electron chi connectivity index (χ0n) is 14.6. The number of methoxy groups -OCH3 is 1. The zero-order chi connectivity index (χ0) is 17.8. The Balaban J connectivity index is 1.85. The lowest BCUT2D eigenvalue weighted by Crippen LogP contribution is -2.33. The van der Waals surface area contributed by atoms with Crippen LogP contribution in [0.4, 0.5) is 0 Å². The van der Waals surface area contributed by atoms with Crippen LogP contribution in [0.2, 0.25) is 0 Å². The number of ether oxygens (including phenoxy) is 1. The van der Waals surface area contributed by atoms with Gasteiger partial charge in [-0.25, -0.2) is 4.68 Å². The molecule has 6 heteroatoms. The van der Waals surface area contributed by atoms with Crippen LogP contribution in [-0.4, -0.2) is 34.2 Å². The minimum absolute atomic E-state index is 0.0340. The maximum atomic E-state index is 12.9. The molecule has 1 aromatic heterocycles. The molecule has 0 bridgehead atoms. The van der Waals surface area contributed by atoms with Crippen LogP contribution in [0.15, 0.2) is 41.2 Å². The fourth-order valence-corrected chi connectivity index (χ4v) is 3.26. The number of nitrogens with zero attached hydrogens (tertiary/aromatic N) is 3. The normalized spacial score (nSPS) is 16.9. The van der Waals surface area contributed by atoms with Gasteiger partial charge in [-0.05, 0) is 43.0 Å². The third-order valence-corrected chi connectivity index (χ3v) is 4.54. The first-order valence-corrected chi connectivity index (χ1v) is 8.67. The number of rotatable bonds is 5. The quantitative estimate of drug-likeness (QED) is 0.839. The molecule has 2 aromatic rings. The molecule has 6 nitrogen and oxygen atoms in total. The Bertz CT molecular complexity index is 798. The molecule has 0 spiro atoms. The van der Waals surface area contributed by atoms with Gasteiger partial charge in [0, 0.05) is 19.2 Å². The SMILES string of the molecule is CCCn1nc(C(=O)N2CCC[C@H]2c2ccc(OC)cc2)ccc1=O. The number of carbonyl (C=O) groups excluding carboxylic acids is 1. The summed E-state index contributed by atoms with van der Waals surface area (Å²) in [5.74, 6) is 0.677. The van der Waals surface area contributed by atoms with Crippen molar-refractivity contribution in [2.45, 2.75) is 38.8 Å². The van der Waals surface area contributed by atoms with Gasteiger partial charge in [-0.3, -0.25) is 9.59 Å². The topological polar surface area (TPSA) is 64.4 Å². The molecule has 132 valence electrons. The van der Waals surface area contributed by atoms with Gasteiger partial charge in [-0.2, -0.15) is 5.10 Å². The van der Waals surface area contributed by atoms with E-state index in [2.05, 4.69) is 5.10 Å². The predicted molar refractivity (Wildman–Crippen MR) is 94.8 cm³/mol. The van der Waals surface area contributed by atoms with Gasteiger partial charge in [0.25, 0.3) is 11.5 Å². The standard InChI is InChI=1S/C19H23N3O3/c1-3-12-22-18(23)11-10-16(20-22)19(24)21-13-4-5-17(21)14-6-8-15(25-2)9-7-14/h6-11,17H,3-5,12-13H2,1-2H3/t17-/m0/s1. The second-order valence-corrected chi connectivity index (χ2v) is 6.21. The van der Waals surface area contributed by atoms with E-state index in [1.54, 1.807) is 7.11 Å². The second-order valence-electron chi connectivity index (χ2n) is 6.21. The molecule has 0 saturated carbocycles. The molecule has 1 amide bonds. The molecule has 0 radical (unpaired) electrons. The van der Waals surface area contributed by atoms with E-state index >= 15 is 0 Å². The van der Waals surface area contributed by atoms with E-state index in [-0.39, 0.29) is 17.5 Å². The Morgan fingerprint density at radius 2 is 2.00 bits per heavy atom. The molecule has 1 fully saturated rings. The predicted octanol–water partition coefficient (Wildman–Crippen LogP) is 2.64. The fourth-order valence-electron chi connectivity index (χ4n) is 3.26. The number of benzene rings is 1. The van der Waals surface area contributed by atoms with Crippen molar-refractivity contribution in [3.8, 4) is 5.75 Å². The molecule has 1 atom stereocenters. The van der Waals surface area contributed by atoms with E-state index in [0.29, 0.717) is 18.8 Å². The summed E-state index contributed by atoms with van der Waals surface area (Å²) >= 11 is 0. The van der Waals surface area contributed by atoms with Gasteiger partial charge in [0.2, 0.25) is 0 Å². The molecule has 3 rings (SSSR count). The molecular formula is C19H23N3O3. The first-order valence-electron chi connectivity index (χ1n) is 8.67. The van der Waals surface area contributed by atoms with Gasteiger partial charge in [0.1, 0.15) is 11.4 Å². The lowest BCUT2D eigenvalue weighted by atomic mass is 10.0. The van der Waals surface area contributed by atoms with Crippen LogP contribution in [0.5, 0.6) is 5.75 Å². The second kappa shape index (κ2) is 7.51. The van der Waals surface area contributed by atoms with E-state index in [1.807, 2.05) is 36.1 Å². The van der Waals surface area contributed by atoms with Crippen molar-refractivity contribution in [2.24, 2.45) is 0 Å². The lowest BCUT2D eigenvalue weighted by molar-refractivity contribution is 0.0726. The van der Waals surface area contributed by atoms with E-state index in [0.717, 1.165) is 30.6 Å². The van der Waals surface area contributed by atoms with Gasteiger partial charge < -0.3 is 9.64 Å². The van der Waals surface area contributed by atoms with Crippen LogP contribution in [0.1, 0.15) is 48.3 Å². The first-order chi connectivity index (χ1) is 12.1. The third-order valence-electron chi connectivity index (χ3n) is 4.54. The maximum Gasteiger partial charge on any atom is 0.274 e. The van der Waals surface area contributed by atoms with Crippen LogP contribution < -0.4 is 10.3 Å². The highest BCUT2D eigenvalue weighted by Gasteiger charge is 2.31. The van der Waals surface area contributed by atoms with Crippen molar-refractivity contribution >= 4 is 5.91 Å². The van der Waals surface area contributed by atoms with E-state index in [1.165, 1.54) is 16.8 Å². The van der Waals surface area contributed by atoms with Crippen molar-refractivity contribution < 1.29 is 9.53 Å². The summed E-state index contributed by atoms with van der Waals surface area (Å²) in [6.45, 7) is 3.19. The summed E-state index contributed by atoms with van der Waals surface area (Å²) in [7, 11) is 1.64. The highest BCUT2D eigenvalue weighted by atomic mass is 16.5. The summed E-state index contributed by atoms with van der Waals surface area (Å²) < 4.78 is 6.57. The Labute approximate surface area is 147 Å². The van der Waals surface area contributed by atoms with Crippen LogP contribution >= 0.6 is 0 Å². The highest BCUT2D eigenvalue weighted by molar-refractivity contribution is 5.92. The fraction of sp³-hybridized carbons (Fsp3) is 0.421. The van der Waals surface area contributed by atoms with Crippen molar-refractivity contribution in [2.75, 3.05) is 13.7 Å². The van der Waals surface area contributed by atoms with E-state index in [9.17, 15) is 9.59 Å². The maximum absolute atomic E-state index is 12.9. The molecule has 1 aromatic carbocycles. The Morgan fingerprint density at radius 3 is 2.68 bits per heavy atom. The molecule has 1 aliphatic rings. The Kier molecular flexibility index (Phi) is 5.16. The average Bonchev–Trinajstić information content (AvgIpc) is 3.13. The number of hydrogen-bond acceptors (Lipinski definition) is 4. The average molecular weight is 341 g/mol. The molecule has 0 unspecified atom stereocenters. The minimum atomic E-state index is -0.175. The summed E-state index contributed by atoms with van der Waals surface area (Å²) in [4.78, 5) is 26.6. The van der Waals surface area contributed by atoms with E-state index in [4.69, 9.17) is 4.74 Å². The van der Waals surface area contributed by atoms with Crippen LogP contribution in [-0.2, 0) is 6.54 Å². The van der Waals surface area contributed by atoms with Crippen molar-refractivity contribution in [1.82, 2.24) is 14.7 Å². The summed E-state index contributed by atoms with van der Waals surface area (Å²) in [6.07, 6.45) is 2.67. The summed E-state index contributed by atoms with van der Waals surface area (Å²) in [5.41, 5.74) is 1.24. The Hall–Kier alpha value is -2.63. The molecular weight excluding hydrogens is 318 g/mol. The Morgan fingerprint density at radius 1 is 1.24 bits per heavy atom. The first kappa shape index (κ1) is 17.2. The van der Waals surface area contributed by atoms with Crippen LogP contribution in [0.25, 0.3) is 0 Å². The number of amides is 1. The molecule has 25 heavy (non-hydrogen) atoms. The van der Waals surface area contributed by atoms with Gasteiger partial charge in [0.05, 0.1) is 13.2 Å². The monoisotopic (exact) mass is 341 g/mol. The minimum Gasteiger partial charge on any atom is -0.497 e. The number of likely N-dealkylation sites (tertiary alicyclic amines) is 1. The molecule has 1 aliphatic heterocycles. The van der Waals surface area contributed by atoms with Crippen molar-refractivity contribution in [1.29, 1.82) is 0 Å². The largest absolute Gasteiger partial charge is 0.497 e. The summed E-state index contributed by atoms with van der Waals surface area (Å²) in [5, 5.41) is 4.25. The highest BCUT2D eigenvalue weighted by Crippen LogP contribution is 2.33. The smallest absolute Gasteiger partial charge is 0.274 e. The zero-order valence-corrected chi connectivity index (χ0v) is 14.6. The van der Waals surface area contributed by atoms with Crippen molar-refractivity contribution in [3.63, 3.8) is 0 Å². The van der Waals surface area contributed by atoms with Gasteiger partial charge in [0.15, 0.2) is 0 Å². The molecule has 0 aliphatic carbocycles. The van der Waals surface area contributed by atoms with Gasteiger partial charge in [-0.15, -0.1) is 0 Å². The summed E-state index contributed by atoms with van der Waals surface area (Å²) in [6, 6.07) is 10.8. The van der Waals surface area contributed by atoms with Crippen LogP contribution in [0, 0.1) is 0 Å². The number of hydrogen-bond donors (Lipinski definition) is 0. The van der Waals surface area contributed by atoms with Crippen LogP contribution in [0.3, 0.4) is 0 Å². The third kappa shape index (κ3) is 3.57. The number of aryl methyl sites for hydroxylation is 1. The lowest BCUT2D eigenvalue weighted by Gasteiger charge is -2.25. The number of carbonyl (C=O) groups is 1. The van der Waals surface area contributed by atoms with E-state index < -0.39 is 0 Å². The van der Waals surface area contributed by atoms with Crippen molar-refractivity contribution in [3.05, 3.63) is 58.0 Å². The molecule has 2 heterocycles. The molecule has 1 saturated heterocycles. The van der Waals surface area contributed by atoms with Gasteiger partial charge >= 0.3 is 0 Å². The molecule has 0 N–H and O–H groups in total. The van der Waals surface area contributed by atoms with Gasteiger partial charge in [-0.1, -0.05) is 19.1 Å².